The number of anilines is 1. The summed E-state index contributed by atoms with van der Waals surface area (Å²) in [5.74, 6) is 0.783. The van der Waals surface area contributed by atoms with Crippen LogP contribution in [0, 0.1) is 6.92 Å². The number of aryl methyl sites for hydroxylation is 2. The molecule has 0 saturated heterocycles. The minimum Gasteiger partial charge on any atom is -0.496 e. The van der Waals surface area contributed by atoms with Gasteiger partial charge in [0.1, 0.15) is 11.4 Å². The van der Waals surface area contributed by atoms with Gasteiger partial charge < -0.3 is 9.47 Å². The normalized spacial score (nSPS) is 16.7. The van der Waals surface area contributed by atoms with Gasteiger partial charge in [-0.15, -0.1) is 0 Å². The van der Waals surface area contributed by atoms with Crippen molar-refractivity contribution in [3.8, 4) is 5.75 Å². The number of rotatable bonds is 2. The maximum atomic E-state index is 13.2. The highest BCUT2D eigenvalue weighted by Crippen LogP contribution is 2.43. The number of fused-ring (bicyclic) bond motifs is 1. The molecule has 27 heavy (non-hydrogen) atoms. The molecule has 0 aliphatic carbocycles. The Morgan fingerprint density at radius 3 is 2.59 bits per heavy atom. The van der Waals surface area contributed by atoms with Crippen LogP contribution >= 0.6 is 15.9 Å². The lowest BCUT2D eigenvalue weighted by Crippen LogP contribution is -2.42. The van der Waals surface area contributed by atoms with Crippen LogP contribution in [0.2, 0.25) is 0 Å². The number of benzene rings is 2. The highest BCUT2D eigenvalue weighted by molar-refractivity contribution is 9.10. The molecular formula is C22H26BrNO3. The van der Waals surface area contributed by atoms with E-state index in [1.165, 1.54) is 0 Å². The largest absolute Gasteiger partial charge is 0.496 e. The van der Waals surface area contributed by atoms with Crippen molar-refractivity contribution in [3.05, 3.63) is 57.6 Å². The lowest BCUT2D eigenvalue weighted by atomic mass is 9.90. The lowest BCUT2D eigenvalue weighted by Gasteiger charge is -2.39. The zero-order chi connectivity index (χ0) is 19.8. The molecule has 1 unspecified atom stereocenters. The van der Waals surface area contributed by atoms with Crippen LogP contribution in [0.1, 0.15) is 49.9 Å². The number of ether oxygens (including phenoxy) is 2. The number of hydrogen-bond donors (Lipinski definition) is 0. The van der Waals surface area contributed by atoms with Gasteiger partial charge in [-0.3, -0.25) is 4.90 Å². The molecule has 1 amide bonds. The molecule has 1 aliphatic heterocycles. The molecule has 1 heterocycles. The molecule has 0 spiro atoms. The van der Waals surface area contributed by atoms with Gasteiger partial charge in [-0.1, -0.05) is 40.2 Å². The Bertz CT molecular complexity index is 857. The van der Waals surface area contributed by atoms with Crippen LogP contribution in [0.5, 0.6) is 5.75 Å². The van der Waals surface area contributed by atoms with Gasteiger partial charge in [0, 0.05) is 10.0 Å². The zero-order valence-corrected chi connectivity index (χ0v) is 18.1. The third kappa shape index (κ3) is 4.13. The Kier molecular flexibility index (Phi) is 5.52. The molecular weight excluding hydrogens is 406 g/mol. The number of nitrogens with zero attached hydrogens (tertiary/aromatic N) is 1. The van der Waals surface area contributed by atoms with Crippen molar-refractivity contribution in [1.29, 1.82) is 0 Å². The Morgan fingerprint density at radius 2 is 1.93 bits per heavy atom. The molecule has 3 rings (SSSR count). The topological polar surface area (TPSA) is 38.8 Å². The van der Waals surface area contributed by atoms with Crippen molar-refractivity contribution < 1.29 is 14.3 Å². The van der Waals surface area contributed by atoms with E-state index in [1.807, 2.05) is 51.1 Å². The number of amides is 1. The fourth-order valence-electron chi connectivity index (χ4n) is 3.52. The average molecular weight is 432 g/mol. The van der Waals surface area contributed by atoms with Crippen LogP contribution in [0.3, 0.4) is 0 Å². The van der Waals surface area contributed by atoms with E-state index in [2.05, 4.69) is 28.9 Å². The van der Waals surface area contributed by atoms with Crippen LogP contribution in [-0.4, -0.2) is 18.8 Å². The molecule has 2 aromatic rings. The van der Waals surface area contributed by atoms with Crippen LogP contribution in [-0.2, 0) is 11.2 Å². The standard InChI is InChI=1S/C22H26BrNO3/c1-14-12-15-10-11-18(16-8-6-7-9-20(16)26-5)24(19(15)13-17(14)23)21(25)27-22(2,3)4/h6-9,12-13,18H,10-11H2,1-5H3. The van der Waals surface area contributed by atoms with Gasteiger partial charge in [0.25, 0.3) is 0 Å². The van der Waals surface area contributed by atoms with Crippen molar-refractivity contribution in [2.75, 3.05) is 12.0 Å². The summed E-state index contributed by atoms with van der Waals surface area (Å²) in [6, 6.07) is 11.9. The van der Waals surface area contributed by atoms with Gasteiger partial charge in [-0.2, -0.15) is 0 Å². The molecule has 0 fully saturated rings. The Morgan fingerprint density at radius 1 is 1.22 bits per heavy atom. The third-order valence-electron chi connectivity index (χ3n) is 4.71. The van der Waals surface area contributed by atoms with Gasteiger partial charge in [-0.25, -0.2) is 4.79 Å². The fraction of sp³-hybridized carbons (Fsp3) is 0.409. The molecule has 144 valence electrons. The quantitative estimate of drug-likeness (QED) is 0.568. The van der Waals surface area contributed by atoms with Gasteiger partial charge in [0.15, 0.2) is 0 Å². The molecule has 2 aromatic carbocycles. The van der Waals surface area contributed by atoms with E-state index in [4.69, 9.17) is 9.47 Å². The first-order chi connectivity index (χ1) is 12.7. The van der Waals surface area contributed by atoms with Crippen LogP contribution < -0.4 is 9.64 Å². The highest BCUT2D eigenvalue weighted by atomic mass is 79.9. The predicted molar refractivity (Wildman–Crippen MR) is 112 cm³/mol. The third-order valence-corrected chi connectivity index (χ3v) is 5.56. The Hall–Kier alpha value is -2.01. The SMILES string of the molecule is COc1ccccc1C1CCc2cc(C)c(Br)cc2N1C(=O)OC(C)(C)C. The first kappa shape index (κ1) is 19.7. The van der Waals surface area contributed by atoms with E-state index in [0.29, 0.717) is 0 Å². The smallest absolute Gasteiger partial charge is 0.415 e. The van der Waals surface area contributed by atoms with E-state index < -0.39 is 5.60 Å². The Balaban J connectivity index is 2.12. The first-order valence-corrected chi connectivity index (χ1v) is 9.94. The summed E-state index contributed by atoms with van der Waals surface area (Å²) in [6.07, 6.45) is 1.37. The second-order valence-corrected chi connectivity index (χ2v) is 8.73. The molecule has 1 atom stereocenters. The van der Waals surface area contributed by atoms with E-state index in [0.717, 1.165) is 45.4 Å². The van der Waals surface area contributed by atoms with Crippen LogP contribution in [0.15, 0.2) is 40.9 Å². The van der Waals surface area contributed by atoms with Gasteiger partial charge in [0.05, 0.1) is 18.8 Å². The number of carbonyl (C=O) groups is 1. The Labute approximate surface area is 169 Å². The summed E-state index contributed by atoms with van der Waals surface area (Å²) in [5.41, 5.74) is 3.64. The predicted octanol–water partition coefficient (Wildman–Crippen LogP) is 6.20. The minimum absolute atomic E-state index is 0.141. The number of para-hydroxylation sites is 1. The molecule has 0 aromatic heterocycles. The first-order valence-electron chi connectivity index (χ1n) is 9.15. The average Bonchev–Trinajstić information content (AvgIpc) is 2.60. The summed E-state index contributed by atoms with van der Waals surface area (Å²) in [4.78, 5) is 15.0. The van der Waals surface area contributed by atoms with Gasteiger partial charge in [-0.05, 0) is 63.8 Å². The summed E-state index contributed by atoms with van der Waals surface area (Å²) >= 11 is 3.61. The fourth-order valence-corrected chi connectivity index (χ4v) is 3.85. The number of hydrogen-bond acceptors (Lipinski definition) is 3. The monoisotopic (exact) mass is 431 g/mol. The summed E-state index contributed by atoms with van der Waals surface area (Å²) in [6.45, 7) is 7.73. The van der Waals surface area contributed by atoms with E-state index in [9.17, 15) is 4.79 Å². The van der Waals surface area contributed by atoms with Crippen LogP contribution in [0.4, 0.5) is 10.5 Å². The minimum atomic E-state index is -0.568. The maximum Gasteiger partial charge on any atom is 0.415 e. The molecule has 0 saturated carbocycles. The summed E-state index contributed by atoms with van der Waals surface area (Å²) < 4.78 is 12.3. The van der Waals surface area contributed by atoms with Gasteiger partial charge in [0.2, 0.25) is 0 Å². The van der Waals surface area contributed by atoms with Crippen molar-refractivity contribution in [1.82, 2.24) is 0 Å². The molecule has 1 aliphatic rings. The number of methoxy groups -OCH3 is 1. The molecule has 5 heteroatoms. The number of carbonyl (C=O) groups excluding carboxylic acids is 1. The second-order valence-electron chi connectivity index (χ2n) is 7.88. The van der Waals surface area contributed by atoms with E-state index >= 15 is 0 Å². The summed E-state index contributed by atoms with van der Waals surface area (Å²) in [7, 11) is 1.66. The van der Waals surface area contributed by atoms with Crippen molar-refractivity contribution >= 4 is 27.7 Å². The lowest BCUT2D eigenvalue weighted by molar-refractivity contribution is 0.0559. The summed E-state index contributed by atoms with van der Waals surface area (Å²) in [5, 5.41) is 0. The van der Waals surface area contributed by atoms with Crippen LogP contribution in [0.25, 0.3) is 0 Å². The molecule has 0 radical (unpaired) electrons. The maximum absolute atomic E-state index is 13.2. The van der Waals surface area contributed by atoms with E-state index in [1.54, 1.807) is 12.0 Å². The van der Waals surface area contributed by atoms with Crippen molar-refractivity contribution in [3.63, 3.8) is 0 Å². The highest BCUT2D eigenvalue weighted by Gasteiger charge is 2.36. The van der Waals surface area contributed by atoms with Crippen molar-refractivity contribution in [2.45, 2.75) is 52.2 Å². The molecule has 0 N–H and O–H groups in total. The van der Waals surface area contributed by atoms with Gasteiger partial charge >= 0.3 is 6.09 Å². The van der Waals surface area contributed by atoms with E-state index in [-0.39, 0.29) is 12.1 Å². The zero-order valence-electron chi connectivity index (χ0n) is 16.5. The molecule has 4 nitrogen and oxygen atoms in total. The second kappa shape index (κ2) is 7.55. The molecule has 0 bridgehead atoms. The number of halogens is 1. The van der Waals surface area contributed by atoms with Crippen molar-refractivity contribution in [2.24, 2.45) is 0 Å².